The number of piperidine rings is 1. The van der Waals surface area contributed by atoms with Crippen LogP contribution in [-0.2, 0) is 10.5 Å². The standard InChI is InChI=1S/C17H24N4O2S2/c1-9-10(2)25-17-14(9)16(23)20-13(21-17)8-24-11(3)15(22)19-12-5-4-6-18-7-12/h11-12,18H,4-8H2,1-3H3,(H,19,22)(H,20,21,23)/t11?,12-/m0/s1. The number of fused-ring (bicyclic) bond motifs is 1. The Bertz CT molecular complexity index is 824. The predicted molar refractivity (Wildman–Crippen MR) is 105 cm³/mol. The summed E-state index contributed by atoms with van der Waals surface area (Å²) < 4.78 is 0. The van der Waals surface area contributed by atoms with Crippen LogP contribution in [0.2, 0.25) is 0 Å². The fraction of sp³-hybridized carbons (Fsp3) is 0.588. The second-order valence-corrected chi connectivity index (χ2v) is 9.01. The molecule has 1 saturated heterocycles. The molecule has 1 unspecified atom stereocenters. The fourth-order valence-corrected chi connectivity index (χ4v) is 4.75. The summed E-state index contributed by atoms with van der Waals surface area (Å²) >= 11 is 3.04. The molecule has 1 aliphatic rings. The maximum atomic E-state index is 12.3. The van der Waals surface area contributed by atoms with Gasteiger partial charge in [-0.15, -0.1) is 23.1 Å². The smallest absolute Gasteiger partial charge is 0.259 e. The Morgan fingerprint density at radius 1 is 1.48 bits per heavy atom. The van der Waals surface area contributed by atoms with Crippen molar-refractivity contribution >= 4 is 39.2 Å². The molecule has 3 rings (SSSR count). The van der Waals surface area contributed by atoms with Crippen molar-refractivity contribution in [3.8, 4) is 0 Å². The van der Waals surface area contributed by atoms with Gasteiger partial charge in [0.25, 0.3) is 5.56 Å². The van der Waals surface area contributed by atoms with E-state index in [4.69, 9.17) is 0 Å². The van der Waals surface area contributed by atoms with Crippen LogP contribution in [0.3, 0.4) is 0 Å². The van der Waals surface area contributed by atoms with Gasteiger partial charge in [-0.3, -0.25) is 9.59 Å². The molecule has 2 atom stereocenters. The summed E-state index contributed by atoms with van der Waals surface area (Å²) in [6.45, 7) is 7.71. The largest absolute Gasteiger partial charge is 0.351 e. The van der Waals surface area contributed by atoms with Gasteiger partial charge >= 0.3 is 0 Å². The van der Waals surface area contributed by atoms with Crippen LogP contribution < -0.4 is 16.2 Å². The van der Waals surface area contributed by atoms with Crippen molar-refractivity contribution in [1.82, 2.24) is 20.6 Å². The van der Waals surface area contributed by atoms with E-state index in [-0.39, 0.29) is 22.8 Å². The number of nitrogens with one attached hydrogen (secondary N) is 3. The molecule has 0 bridgehead atoms. The van der Waals surface area contributed by atoms with Crippen LogP contribution >= 0.6 is 23.1 Å². The predicted octanol–water partition coefficient (Wildman–Crippen LogP) is 2.09. The Hall–Kier alpha value is -1.38. The van der Waals surface area contributed by atoms with Crippen molar-refractivity contribution in [2.75, 3.05) is 13.1 Å². The summed E-state index contributed by atoms with van der Waals surface area (Å²) in [6.07, 6.45) is 2.12. The van der Waals surface area contributed by atoms with E-state index < -0.39 is 0 Å². The molecule has 25 heavy (non-hydrogen) atoms. The van der Waals surface area contributed by atoms with E-state index in [1.807, 2.05) is 20.8 Å². The van der Waals surface area contributed by atoms with E-state index in [1.165, 1.54) is 11.8 Å². The number of aromatic amines is 1. The van der Waals surface area contributed by atoms with Crippen molar-refractivity contribution in [1.29, 1.82) is 0 Å². The van der Waals surface area contributed by atoms with Gasteiger partial charge in [-0.1, -0.05) is 0 Å². The third-order valence-electron chi connectivity index (χ3n) is 4.57. The normalized spacial score (nSPS) is 19.1. The monoisotopic (exact) mass is 380 g/mol. The van der Waals surface area contributed by atoms with Crippen LogP contribution in [0.5, 0.6) is 0 Å². The highest BCUT2D eigenvalue weighted by Gasteiger charge is 2.20. The molecule has 8 heteroatoms. The van der Waals surface area contributed by atoms with Gasteiger partial charge in [0.05, 0.1) is 16.4 Å². The van der Waals surface area contributed by atoms with E-state index in [9.17, 15) is 9.59 Å². The van der Waals surface area contributed by atoms with Crippen LogP contribution in [0, 0.1) is 13.8 Å². The number of aromatic nitrogens is 2. The Balaban J connectivity index is 1.61. The molecule has 6 nitrogen and oxygen atoms in total. The van der Waals surface area contributed by atoms with Gasteiger partial charge in [0.1, 0.15) is 10.7 Å². The van der Waals surface area contributed by atoms with Gasteiger partial charge in [0.15, 0.2) is 0 Å². The summed E-state index contributed by atoms with van der Waals surface area (Å²) in [5.74, 6) is 1.19. The molecule has 0 saturated carbocycles. The Labute approximate surface area is 155 Å². The third-order valence-corrected chi connectivity index (χ3v) is 6.83. The minimum atomic E-state index is -0.185. The summed E-state index contributed by atoms with van der Waals surface area (Å²) in [4.78, 5) is 33.9. The zero-order valence-corrected chi connectivity index (χ0v) is 16.4. The molecule has 3 heterocycles. The highest BCUT2D eigenvalue weighted by atomic mass is 32.2. The fourth-order valence-electron chi connectivity index (χ4n) is 2.94. The van der Waals surface area contributed by atoms with E-state index in [0.29, 0.717) is 17.0 Å². The first kappa shape index (κ1) is 18.4. The van der Waals surface area contributed by atoms with E-state index in [0.717, 1.165) is 41.2 Å². The van der Waals surface area contributed by atoms with E-state index in [1.54, 1.807) is 11.3 Å². The lowest BCUT2D eigenvalue weighted by Gasteiger charge is -2.25. The average molecular weight is 381 g/mol. The maximum absolute atomic E-state index is 12.3. The Morgan fingerprint density at radius 3 is 3.00 bits per heavy atom. The molecule has 0 aliphatic carbocycles. The number of thioether (sulfide) groups is 1. The quantitative estimate of drug-likeness (QED) is 0.739. The first-order valence-corrected chi connectivity index (χ1v) is 10.4. The highest BCUT2D eigenvalue weighted by Crippen LogP contribution is 2.26. The van der Waals surface area contributed by atoms with Crippen LogP contribution in [-0.4, -0.2) is 40.3 Å². The lowest BCUT2D eigenvalue weighted by Crippen LogP contribution is -2.47. The lowest BCUT2D eigenvalue weighted by atomic mass is 10.1. The topological polar surface area (TPSA) is 86.9 Å². The molecule has 2 aromatic heterocycles. The number of rotatable bonds is 5. The van der Waals surface area contributed by atoms with Gasteiger partial charge in [-0.25, -0.2) is 4.98 Å². The van der Waals surface area contributed by atoms with Crippen molar-refractivity contribution in [2.45, 2.75) is 50.7 Å². The van der Waals surface area contributed by atoms with Gasteiger partial charge in [-0.05, 0) is 45.7 Å². The van der Waals surface area contributed by atoms with Crippen LogP contribution in [0.25, 0.3) is 10.2 Å². The van der Waals surface area contributed by atoms with Crippen LogP contribution in [0.15, 0.2) is 4.79 Å². The molecule has 0 spiro atoms. The lowest BCUT2D eigenvalue weighted by molar-refractivity contribution is -0.121. The van der Waals surface area contributed by atoms with Crippen molar-refractivity contribution in [3.05, 3.63) is 26.6 Å². The third kappa shape index (κ3) is 4.24. The number of carbonyl (C=O) groups is 1. The number of amides is 1. The molecule has 0 radical (unpaired) electrons. The Morgan fingerprint density at radius 2 is 2.28 bits per heavy atom. The van der Waals surface area contributed by atoms with Gasteiger partial charge in [-0.2, -0.15) is 0 Å². The van der Waals surface area contributed by atoms with Crippen molar-refractivity contribution in [2.24, 2.45) is 0 Å². The van der Waals surface area contributed by atoms with Crippen molar-refractivity contribution < 1.29 is 4.79 Å². The van der Waals surface area contributed by atoms with Crippen LogP contribution in [0.1, 0.15) is 36.0 Å². The number of nitrogens with zero attached hydrogens (tertiary/aromatic N) is 1. The molecule has 0 aromatic carbocycles. The maximum Gasteiger partial charge on any atom is 0.259 e. The molecule has 3 N–H and O–H groups in total. The molecule has 136 valence electrons. The molecule has 1 fully saturated rings. The van der Waals surface area contributed by atoms with Crippen LogP contribution in [0.4, 0.5) is 0 Å². The SMILES string of the molecule is Cc1sc2nc(CSC(C)C(=O)N[C@H]3CCCNC3)[nH]c(=O)c2c1C. The minimum Gasteiger partial charge on any atom is -0.351 e. The first-order valence-electron chi connectivity index (χ1n) is 8.57. The summed E-state index contributed by atoms with van der Waals surface area (Å²) in [5.41, 5.74) is 0.912. The summed E-state index contributed by atoms with van der Waals surface area (Å²) in [5, 5.41) is 6.89. The zero-order chi connectivity index (χ0) is 18.0. The summed E-state index contributed by atoms with van der Waals surface area (Å²) in [6, 6.07) is 0.218. The van der Waals surface area contributed by atoms with Gasteiger partial charge in [0, 0.05) is 17.5 Å². The molecule has 2 aromatic rings. The average Bonchev–Trinajstić information content (AvgIpc) is 2.88. The number of aryl methyl sites for hydroxylation is 2. The zero-order valence-electron chi connectivity index (χ0n) is 14.8. The molecule has 1 aliphatic heterocycles. The Kier molecular flexibility index (Phi) is 5.81. The van der Waals surface area contributed by atoms with E-state index >= 15 is 0 Å². The molecular weight excluding hydrogens is 356 g/mol. The summed E-state index contributed by atoms with van der Waals surface area (Å²) in [7, 11) is 0. The van der Waals surface area contributed by atoms with E-state index in [2.05, 4.69) is 20.6 Å². The molecule has 1 amide bonds. The molecular formula is C17H24N4O2S2. The number of hydrogen-bond donors (Lipinski definition) is 3. The number of carbonyl (C=O) groups excluding carboxylic acids is 1. The van der Waals surface area contributed by atoms with Gasteiger partial charge in [0.2, 0.25) is 5.91 Å². The van der Waals surface area contributed by atoms with Crippen molar-refractivity contribution in [3.63, 3.8) is 0 Å². The minimum absolute atomic E-state index is 0.0462. The first-order chi connectivity index (χ1) is 12.0. The van der Waals surface area contributed by atoms with Gasteiger partial charge < -0.3 is 15.6 Å². The number of hydrogen-bond acceptors (Lipinski definition) is 6. The highest BCUT2D eigenvalue weighted by molar-refractivity contribution is 7.99. The second kappa shape index (κ2) is 7.88. The number of H-pyrrole nitrogens is 1. The number of thiophene rings is 1. The second-order valence-electron chi connectivity index (χ2n) is 6.48.